The van der Waals surface area contributed by atoms with Crippen molar-refractivity contribution in [2.45, 2.75) is 19.9 Å². The van der Waals surface area contributed by atoms with Crippen LogP contribution < -0.4 is 20.6 Å². The Kier molecular flexibility index (Phi) is 8.15. The zero-order chi connectivity index (χ0) is 29.8. The number of aromatic nitrogens is 2. The number of benzene rings is 3. The fourth-order valence-electron chi connectivity index (χ4n) is 4.85. The van der Waals surface area contributed by atoms with Crippen LogP contribution in [0.5, 0.6) is 11.5 Å². The van der Waals surface area contributed by atoms with Gasteiger partial charge in [0.2, 0.25) is 0 Å². The molecule has 0 bridgehead atoms. The molecule has 7 nitrogen and oxygen atoms in total. The van der Waals surface area contributed by atoms with Crippen molar-refractivity contribution >= 4 is 11.6 Å². The number of ketones is 1. The Morgan fingerprint density at radius 3 is 2.26 bits per heavy atom. The molecule has 0 atom stereocenters. The smallest absolute Gasteiger partial charge is 0.200 e. The second kappa shape index (κ2) is 12.1. The minimum atomic E-state index is -0.513. The monoisotopic (exact) mass is 563 g/mol. The zero-order valence-corrected chi connectivity index (χ0v) is 23.6. The molecule has 0 spiro atoms. The Bertz CT molecular complexity index is 1830. The Hall–Kier alpha value is -5.24. The van der Waals surface area contributed by atoms with Gasteiger partial charge in [-0.1, -0.05) is 48.5 Å². The molecule has 3 aromatic carbocycles. The number of rotatable bonds is 9. The molecule has 42 heavy (non-hydrogen) atoms. The quantitative estimate of drug-likeness (QED) is 0.208. The lowest BCUT2D eigenvalue weighted by Crippen LogP contribution is -2.21. The fraction of sp³-hybridized carbons (Fsp3) is 0.147. The Balaban J connectivity index is 1.42. The number of carbonyl (C=O) groups is 1. The molecular weight excluding hydrogens is 533 g/mol. The number of nitrogen functional groups attached to an aromatic ring is 1. The molecule has 212 valence electrons. The van der Waals surface area contributed by atoms with Crippen LogP contribution in [0, 0.1) is 5.82 Å². The van der Waals surface area contributed by atoms with Crippen molar-refractivity contribution in [1.82, 2.24) is 9.55 Å². The minimum absolute atomic E-state index is 0.0133. The molecule has 2 N–H and O–H groups in total. The summed E-state index contributed by atoms with van der Waals surface area (Å²) in [4.78, 5) is 31.0. The highest BCUT2D eigenvalue weighted by atomic mass is 19.1. The van der Waals surface area contributed by atoms with E-state index in [2.05, 4.69) is 4.98 Å². The molecule has 0 aliphatic rings. The van der Waals surface area contributed by atoms with Gasteiger partial charge in [0.1, 0.15) is 11.6 Å². The molecule has 5 rings (SSSR count). The number of Topliss-reactive ketones (excluding diaryl/α,β-unsaturated/α-hetero) is 1. The highest BCUT2D eigenvalue weighted by Crippen LogP contribution is 2.35. The Labute approximate surface area is 243 Å². The topological polar surface area (TPSA) is 96.4 Å². The van der Waals surface area contributed by atoms with Crippen LogP contribution in [0.2, 0.25) is 0 Å². The highest BCUT2D eigenvalue weighted by molar-refractivity contribution is 5.98. The van der Waals surface area contributed by atoms with E-state index >= 15 is 0 Å². The predicted octanol–water partition coefficient (Wildman–Crippen LogP) is 6.43. The van der Waals surface area contributed by atoms with Crippen LogP contribution in [0.4, 0.5) is 10.2 Å². The maximum Gasteiger partial charge on any atom is 0.200 e. The van der Waals surface area contributed by atoms with Crippen LogP contribution >= 0.6 is 0 Å². The molecule has 8 heteroatoms. The van der Waals surface area contributed by atoms with E-state index in [0.717, 1.165) is 27.8 Å². The standard InChI is InChI=1S/C34H30FN3O4/c1-4-38-19-27(25-7-5-6-8-29(25)35)33(40)28(20-38)30(39)15-21-9-11-22(12-10-21)26-16-24(18-37-34(26)36)23-13-14-31(41-2)32(17-23)42-3/h5-14,16-20H,4,15H2,1-3H3,(H2,36,37). The lowest BCUT2D eigenvalue weighted by molar-refractivity contribution is 0.0991. The first-order valence-electron chi connectivity index (χ1n) is 13.4. The molecule has 2 aromatic heterocycles. The average Bonchev–Trinajstić information content (AvgIpc) is 3.02. The number of nitrogens with zero attached hydrogens (tertiary/aromatic N) is 2. The number of nitrogens with two attached hydrogens (primary N) is 1. The van der Waals surface area contributed by atoms with E-state index in [9.17, 15) is 14.0 Å². The lowest BCUT2D eigenvalue weighted by Gasteiger charge is -2.12. The average molecular weight is 564 g/mol. The van der Waals surface area contributed by atoms with Crippen molar-refractivity contribution in [1.29, 1.82) is 0 Å². The Morgan fingerprint density at radius 1 is 0.857 bits per heavy atom. The van der Waals surface area contributed by atoms with Crippen molar-refractivity contribution in [3.05, 3.63) is 119 Å². The lowest BCUT2D eigenvalue weighted by atomic mass is 9.97. The number of aryl methyl sites for hydroxylation is 1. The number of hydrogen-bond acceptors (Lipinski definition) is 6. The van der Waals surface area contributed by atoms with Crippen LogP contribution in [-0.4, -0.2) is 29.6 Å². The SMILES string of the molecule is CCn1cc(C(=O)Cc2ccc(-c3cc(-c4ccc(OC)c(OC)c4)cnc3N)cc2)c(=O)c(-c2ccccc2F)c1. The number of halogens is 1. The van der Waals surface area contributed by atoms with Gasteiger partial charge in [0.05, 0.1) is 19.8 Å². The van der Waals surface area contributed by atoms with E-state index in [4.69, 9.17) is 15.2 Å². The number of ether oxygens (including phenoxy) is 2. The first-order chi connectivity index (χ1) is 20.3. The van der Waals surface area contributed by atoms with Gasteiger partial charge in [0, 0.05) is 53.8 Å². The molecule has 0 fully saturated rings. The van der Waals surface area contributed by atoms with Gasteiger partial charge in [-0.25, -0.2) is 9.37 Å². The molecule has 0 amide bonds. The van der Waals surface area contributed by atoms with Crippen LogP contribution in [0.1, 0.15) is 22.8 Å². The summed E-state index contributed by atoms with van der Waals surface area (Å²) in [7, 11) is 3.17. The third-order valence-electron chi connectivity index (χ3n) is 7.17. The Morgan fingerprint density at radius 2 is 1.57 bits per heavy atom. The predicted molar refractivity (Wildman–Crippen MR) is 162 cm³/mol. The van der Waals surface area contributed by atoms with Crippen molar-refractivity contribution in [3.8, 4) is 44.9 Å². The van der Waals surface area contributed by atoms with E-state index in [1.165, 1.54) is 12.3 Å². The number of hydrogen-bond donors (Lipinski definition) is 1. The largest absolute Gasteiger partial charge is 0.493 e. The van der Waals surface area contributed by atoms with Crippen molar-refractivity contribution in [2.75, 3.05) is 20.0 Å². The van der Waals surface area contributed by atoms with Gasteiger partial charge in [-0.3, -0.25) is 9.59 Å². The summed E-state index contributed by atoms with van der Waals surface area (Å²) in [5, 5.41) is 0. The van der Waals surface area contributed by atoms with Crippen LogP contribution in [0.15, 0.2) is 96.2 Å². The third kappa shape index (κ3) is 5.65. The molecule has 0 unspecified atom stereocenters. The summed E-state index contributed by atoms with van der Waals surface area (Å²) >= 11 is 0. The van der Waals surface area contributed by atoms with Crippen LogP contribution in [0.25, 0.3) is 33.4 Å². The fourth-order valence-corrected chi connectivity index (χ4v) is 4.85. The van der Waals surface area contributed by atoms with Crippen LogP contribution in [-0.2, 0) is 13.0 Å². The molecular formula is C34H30FN3O4. The van der Waals surface area contributed by atoms with E-state index in [1.54, 1.807) is 49.4 Å². The van der Waals surface area contributed by atoms with Gasteiger partial charge in [0.25, 0.3) is 0 Å². The summed E-state index contributed by atoms with van der Waals surface area (Å²) in [6.45, 7) is 2.41. The second-order valence-corrected chi connectivity index (χ2v) is 9.75. The van der Waals surface area contributed by atoms with E-state index in [0.29, 0.717) is 23.9 Å². The highest BCUT2D eigenvalue weighted by Gasteiger charge is 2.18. The number of pyridine rings is 2. The summed E-state index contributed by atoms with van der Waals surface area (Å²) in [5.41, 5.74) is 10.1. The maximum atomic E-state index is 14.5. The van der Waals surface area contributed by atoms with Gasteiger partial charge in [-0.2, -0.15) is 0 Å². The zero-order valence-electron chi connectivity index (χ0n) is 23.6. The van der Waals surface area contributed by atoms with E-state index < -0.39 is 11.2 Å². The first kappa shape index (κ1) is 28.3. The molecule has 0 saturated heterocycles. The minimum Gasteiger partial charge on any atom is -0.493 e. The number of carbonyl (C=O) groups excluding carboxylic acids is 1. The third-order valence-corrected chi connectivity index (χ3v) is 7.17. The van der Waals surface area contributed by atoms with Gasteiger partial charge >= 0.3 is 0 Å². The maximum absolute atomic E-state index is 14.5. The molecule has 0 radical (unpaired) electrons. The van der Waals surface area contributed by atoms with Crippen molar-refractivity contribution in [3.63, 3.8) is 0 Å². The summed E-state index contributed by atoms with van der Waals surface area (Å²) in [6, 6.07) is 21.0. The summed E-state index contributed by atoms with van der Waals surface area (Å²) in [6.07, 6.45) is 4.83. The van der Waals surface area contributed by atoms with Gasteiger partial charge in [-0.05, 0) is 47.9 Å². The van der Waals surface area contributed by atoms with E-state index in [-0.39, 0.29) is 28.9 Å². The van der Waals surface area contributed by atoms with E-state index in [1.807, 2.05) is 55.5 Å². The molecule has 5 aromatic rings. The number of anilines is 1. The van der Waals surface area contributed by atoms with Gasteiger partial charge in [0.15, 0.2) is 22.7 Å². The number of methoxy groups -OCH3 is 2. The molecule has 0 saturated carbocycles. The van der Waals surface area contributed by atoms with Gasteiger partial charge in [-0.15, -0.1) is 0 Å². The normalized spacial score (nSPS) is 10.9. The second-order valence-electron chi connectivity index (χ2n) is 9.75. The van der Waals surface area contributed by atoms with Crippen molar-refractivity contribution < 1.29 is 18.7 Å². The molecule has 0 aliphatic carbocycles. The summed E-state index contributed by atoms with van der Waals surface area (Å²) < 4.78 is 27.0. The summed E-state index contributed by atoms with van der Waals surface area (Å²) in [5.74, 6) is 0.745. The van der Waals surface area contributed by atoms with Crippen molar-refractivity contribution in [2.24, 2.45) is 0 Å². The first-order valence-corrected chi connectivity index (χ1v) is 13.4. The molecule has 0 aliphatic heterocycles. The molecule has 2 heterocycles. The van der Waals surface area contributed by atoms with Crippen LogP contribution in [0.3, 0.4) is 0 Å². The van der Waals surface area contributed by atoms with Gasteiger partial charge < -0.3 is 19.8 Å².